The Morgan fingerprint density at radius 3 is 2.62 bits per heavy atom. The van der Waals surface area contributed by atoms with Crippen molar-refractivity contribution in [3.8, 4) is 0 Å². The normalized spacial score (nSPS) is 13.7. The van der Waals surface area contributed by atoms with E-state index >= 15 is 0 Å². The minimum Gasteiger partial charge on any atom is -0.389 e. The van der Waals surface area contributed by atoms with Gasteiger partial charge in [-0.1, -0.05) is 6.07 Å². The second-order valence-corrected chi connectivity index (χ2v) is 9.46. The molecule has 0 spiro atoms. The summed E-state index contributed by atoms with van der Waals surface area (Å²) >= 11 is 0. The number of aliphatic hydroxyl groups excluding tert-OH is 1. The van der Waals surface area contributed by atoms with Crippen LogP contribution >= 0.6 is 0 Å². The Kier molecular flexibility index (Phi) is 7.39. The van der Waals surface area contributed by atoms with Gasteiger partial charge in [-0.3, -0.25) is 9.89 Å². The number of carbonyl (C=O) groups is 1. The van der Waals surface area contributed by atoms with Gasteiger partial charge in [0.15, 0.2) is 5.82 Å². The number of hydrogen-bond donors (Lipinski definition) is 4. The number of alkyl halides is 3. The average Bonchev–Trinajstić information content (AvgIpc) is 3.33. The number of anilines is 4. The summed E-state index contributed by atoms with van der Waals surface area (Å²) in [5.41, 5.74) is 0.206. The molecule has 40 heavy (non-hydrogen) atoms. The third kappa shape index (κ3) is 6.37. The Morgan fingerprint density at radius 1 is 1.07 bits per heavy atom. The Morgan fingerprint density at radius 2 is 1.88 bits per heavy atom. The minimum absolute atomic E-state index is 0.161. The van der Waals surface area contributed by atoms with Crippen molar-refractivity contribution in [2.75, 3.05) is 28.6 Å². The highest BCUT2D eigenvalue weighted by atomic mass is 19.4. The van der Waals surface area contributed by atoms with Crippen LogP contribution in [0.25, 0.3) is 0 Å². The number of β-amino-alcohol motifs (C(OH)–C–C–N with tert-alkyl or cyclic N) is 1. The van der Waals surface area contributed by atoms with E-state index in [4.69, 9.17) is 0 Å². The molecule has 0 atom stereocenters. The van der Waals surface area contributed by atoms with E-state index in [1.807, 2.05) is 4.90 Å². The number of nitrogens with one attached hydrogen (secondary N) is 3. The van der Waals surface area contributed by atoms with Gasteiger partial charge < -0.3 is 20.6 Å². The first-order chi connectivity index (χ1) is 19.0. The van der Waals surface area contributed by atoms with Gasteiger partial charge in [0.25, 0.3) is 5.91 Å². The van der Waals surface area contributed by atoms with Crippen LogP contribution in [0.5, 0.6) is 0 Å². The van der Waals surface area contributed by atoms with Crippen molar-refractivity contribution < 1.29 is 27.5 Å². The maximum atomic E-state index is 14.5. The Labute approximate surface area is 226 Å². The largest absolute Gasteiger partial charge is 0.416 e. The molecule has 4 N–H and O–H groups in total. The highest BCUT2D eigenvalue weighted by Crippen LogP contribution is 2.30. The summed E-state index contributed by atoms with van der Waals surface area (Å²) in [5.74, 6) is 1.10. The summed E-state index contributed by atoms with van der Waals surface area (Å²) < 4.78 is 53.4. The van der Waals surface area contributed by atoms with Crippen LogP contribution in [0.3, 0.4) is 0 Å². The lowest BCUT2D eigenvalue weighted by molar-refractivity contribution is -0.137. The standard InChI is InChI=1S/C27H25F4N7O2/c1-15-32-23(12-25(33-15)38-13-21(39)14-38)35-24-11-20(36-37-24)6-5-16-10-19(7-8-22(16)28)34-26(40)17-3-2-4-18(9-17)27(29,30)31/h2-4,7-12,21,39H,5-6,13-14H2,1H3,(H,34,40)(H2,32,33,35,36,37). The molecule has 3 heterocycles. The van der Waals surface area contributed by atoms with Crippen molar-refractivity contribution in [1.29, 1.82) is 0 Å². The monoisotopic (exact) mass is 555 g/mol. The van der Waals surface area contributed by atoms with E-state index in [0.29, 0.717) is 48.4 Å². The number of benzene rings is 2. The fourth-order valence-electron chi connectivity index (χ4n) is 4.26. The number of H-pyrrole nitrogens is 1. The fraction of sp³-hybridized carbons (Fsp3) is 0.259. The molecule has 2 aromatic heterocycles. The zero-order valence-corrected chi connectivity index (χ0v) is 21.3. The molecule has 0 aliphatic carbocycles. The third-order valence-corrected chi connectivity index (χ3v) is 6.32. The SMILES string of the molecule is Cc1nc(Nc2cc(CCc3cc(NC(=O)c4cccc(C(F)(F)F)c4)ccc3F)[nH]n2)cc(N2CC(O)C2)n1. The zero-order chi connectivity index (χ0) is 28.4. The van der Waals surface area contributed by atoms with E-state index in [0.717, 1.165) is 23.9 Å². The molecule has 0 bridgehead atoms. The van der Waals surface area contributed by atoms with E-state index in [1.165, 1.54) is 24.3 Å². The lowest BCUT2D eigenvalue weighted by Crippen LogP contribution is -2.51. The minimum atomic E-state index is -4.57. The van der Waals surface area contributed by atoms with Gasteiger partial charge in [0.05, 0.1) is 11.7 Å². The summed E-state index contributed by atoms with van der Waals surface area (Å²) in [7, 11) is 0. The second kappa shape index (κ2) is 10.9. The maximum Gasteiger partial charge on any atom is 0.416 e. The molecule has 13 heteroatoms. The summed E-state index contributed by atoms with van der Waals surface area (Å²) in [6.07, 6.45) is -4.26. The first kappa shape index (κ1) is 27.1. The summed E-state index contributed by atoms with van der Waals surface area (Å²) in [5, 5.41) is 22.3. The van der Waals surface area contributed by atoms with Gasteiger partial charge in [0.2, 0.25) is 0 Å². The molecule has 1 aliphatic rings. The van der Waals surface area contributed by atoms with Crippen LogP contribution in [0.2, 0.25) is 0 Å². The third-order valence-electron chi connectivity index (χ3n) is 6.32. The molecule has 2 aromatic carbocycles. The molecule has 9 nitrogen and oxygen atoms in total. The molecule has 0 radical (unpaired) electrons. The van der Waals surface area contributed by atoms with E-state index in [-0.39, 0.29) is 23.8 Å². The molecule has 1 amide bonds. The Bertz CT molecular complexity index is 1530. The van der Waals surface area contributed by atoms with E-state index in [9.17, 15) is 27.5 Å². The fourth-order valence-corrected chi connectivity index (χ4v) is 4.26. The molecule has 1 aliphatic heterocycles. The number of nitrogens with zero attached hydrogens (tertiary/aromatic N) is 4. The van der Waals surface area contributed by atoms with Crippen LogP contribution in [-0.2, 0) is 19.0 Å². The zero-order valence-electron chi connectivity index (χ0n) is 21.3. The molecule has 5 rings (SSSR count). The number of aromatic amines is 1. The smallest absolute Gasteiger partial charge is 0.389 e. The quantitative estimate of drug-likeness (QED) is 0.234. The van der Waals surface area contributed by atoms with Gasteiger partial charge in [-0.2, -0.15) is 18.3 Å². The number of hydrogen-bond acceptors (Lipinski definition) is 7. The van der Waals surface area contributed by atoms with Crippen molar-refractivity contribution >= 4 is 29.0 Å². The van der Waals surface area contributed by atoms with Crippen molar-refractivity contribution in [2.24, 2.45) is 0 Å². The number of aryl methyl sites for hydroxylation is 3. The van der Waals surface area contributed by atoms with Gasteiger partial charge in [0, 0.05) is 42.2 Å². The van der Waals surface area contributed by atoms with Crippen molar-refractivity contribution in [1.82, 2.24) is 20.2 Å². The predicted molar refractivity (Wildman–Crippen MR) is 140 cm³/mol. The predicted octanol–water partition coefficient (Wildman–Crippen LogP) is 4.63. The number of carbonyl (C=O) groups excluding carboxylic acids is 1. The van der Waals surface area contributed by atoms with Crippen LogP contribution in [-0.4, -0.2) is 50.4 Å². The van der Waals surface area contributed by atoms with Crippen LogP contribution in [0.1, 0.15) is 33.0 Å². The van der Waals surface area contributed by atoms with Crippen molar-refractivity contribution in [3.63, 3.8) is 0 Å². The van der Waals surface area contributed by atoms with Crippen LogP contribution in [0.4, 0.5) is 40.7 Å². The number of aliphatic hydroxyl groups is 1. The number of halogens is 4. The number of rotatable bonds is 8. The van der Waals surface area contributed by atoms with Gasteiger partial charge in [-0.05, 0) is 61.7 Å². The molecule has 0 unspecified atom stereocenters. The van der Waals surface area contributed by atoms with E-state index < -0.39 is 23.5 Å². The lowest BCUT2D eigenvalue weighted by Gasteiger charge is -2.36. The first-order valence-electron chi connectivity index (χ1n) is 12.4. The molecule has 0 saturated carbocycles. The van der Waals surface area contributed by atoms with Crippen molar-refractivity contribution in [2.45, 2.75) is 32.0 Å². The lowest BCUT2D eigenvalue weighted by atomic mass is 10.1. The summed E-state index contributed by atoms with van der Waals surface area (Å²) in [6, 6.07) is 11.6. The summed E-state index contributed by atoms with van der Waals surface area (Å²) in [4.78, 5) is 23.2. The number of amides is 1. The van der Waals surface area contributed by atoms with Crippen LogP contribution < -0.4 is 15.5 Å². The van der Waals surface area contributed by atoms with Crippen LogP contribution in [0, 0.1) is 12.7 Å². The average molecular weight is 556 g/mol. The maximum absolute atomic E-state index is 14.5. The van der Waals surface area contributed by atoms with E-state index in [2.05, 4.69) is 30.8 Å². The second-order valence-electron chi connectivity index (χ2n) is 9.46. The topological polar surface area (TPSA) is 119 Å². The van der Waals surface area contributed by atoms with Gasteiger partial charge in [-0.15, -0.1) is 0 Å². The van der Waals surface area contributed by atoms with Gasteiger partial charge >= 0.3 is 6.18 Å². The molecule has 4 aromatic rings. The summed E-state index contributed by atoms with van der Waals surface area (Å²) in [6.45, 7) is 2.79. The van der Waals surface area contributed by atoms with Gasteiger partial charge in [0.1, 0.15) is 23.3 Å². The molecular formula is C27H25F4N7O2. The highest BCUT2D eigenvalue weighted by Gasteiger charge is 2.31. The van der Waals surface area contributed by atoms with Crippen LogP contribution in [0.15, 0.2) is 54.6 Å². The Balaban J connectivity index is 1.21. The Hall–Kier alpha value is -4.52. The molecule has 1 fully saturated rings. The molecule has 1 saturated heterocycles. The first-order valence-corrected chi connectivity index (χ1v) is 12.4. The van der Waals surface area contributed by atoms with Gasteiger partial charge in [-0.25, -0.2) is 14.4 Å². The molecular weight excluding hydrogens is 530 g/mol. The van der Waals surface area contributed by atoms with E-state index in [1.54, 1.807) is 19.1 Å². The highest BCUT2D eigenvalue weighted by molar-refractivity contribution is 6.04. The number of aromatic nitrogens is 4. The molecule has 208 valence electrons. The van der Waals surface area contributed by atoms with Crippen molar-refractivity contribution in [3.05, 3.63) is 88.6 Å².